The fourth-order valence-electron chi connectivity index (χ4n) is 6.54. The van der Waals surface area contributed by atoms with Crippen molar-refractivity contribution in [2.24, 2.45) is 0 Å². The molecule has 0 heterocycles. The minimum atomic E-state index is -0.259. The van der Waals surface area contributed by atoms with Crippen LogP contribution in [0.25, 0.3) is 0 Å². The summed E-state index contributed by atoms with van der Waals surface area (Å²) in [7, 11) is 0. The Balaban J connectivity index is 1.26. The zero-order chi connectivity index (χ0) is 31.6. The van der Waals surface area contributed by atoms with Gasteiger partial charge in [0.1, 0.15) is 0 Å². The third kappa shape index (κ3) is 5.62. The number of hydrogen-bond acceptors (Lipinski definition) is 4. The van der Waals surface area contributed by atoms with Gasteiger partial charge in [0.25, 0.3) is 0 Å². The Labute approximate surface area is 269 Å². The molecule has 0 unspecified atom stereocenters. The third-order valence-electron chi connectivity index (χ3n) is 8.98. The van der Waals surface area contributed by atoms with Crippen molar-refractivity contribution in [2.45, 2.75) is 25.7 Å². The summed E-state index contributed by atoms with van der Waals surface area (Å²) in [4.78, 5) is 27.6. The molecule has 1 aliphatic carbocycles. The number of ketones is 2. The number of carbonyl (C=O) groups excluding carboxylic acids is 2. The summed E-state index contributed by atoms with van der Waals surface area (Å²) >= 11 is 0. The van der Waals surface area contributed by atoms with Crippen molar-refractivity contribution >= 4 is 22.9 Å². The lowest BCUT2D eigenvalue weighted by atomic mass is 9.78. The van der Waals surface area contributed by atoms with Crippen LogP contribution < -0.4 is 11.5 Å². The molecule has 0 aromatic heterocycles. The first-order valence-corrected chi connectivity index (χ1v) is 15.6. The molecule has 7 rings (SSSR count). The fraction of sp³-hybridized carbons (Fsp3) is 0.0952. The maximum Gasteiger partial charge on any atom is 0.196 e. The highest BCUT2D eigenvalue weighted by Crippen LogP contribution is 2.41. The predicted octanol–water partition coefficient (Wildman–Crippen LogP) is 7.99. The van der Waals surface area contributed by atoms with Crippen molar-refractivity contribution in [3.05, 3.63) is 200 Å². The quantitative estimate of drug-likeness (QED) is 0.174. The molecule has 46 heavy (non-hydrogen) atoms. The molecule has 0 saturated carbocycles. The van der Waals surface area contributed by atoms with Crippen molar-refractivity contribution in [2.75, 3.05) is 11.5 Å². The molecule has 4 N–H and O–H groups in total. The van der Waals surface area contributed by atoms with E-state index in [9.17, 15) is 9.59 Å². The van der Waals surface area contributed by atoms with Gasteiger partial charge in [-0.3, -0.25) is 9.59 Å². The number of nitrogen functional groups attached to an aromatic ring is 2. The Bertz CT molecular complexity index is 1910. The summed E-state index contributed by atoms with van der Waals surface area (Å²) in [5.74, 6) is -0.517. The minimum Gasteiger partial charge on any atom is -0.398 e. The summed E-state index contributed by atoms with van der Waals surface area (Å²) in [5, 5.41) is 0. The summed E-state index contributed by atoms with van der Waals surface area (Å²) in [6.45, 7) is 0. The number of benzene rings is 6. The molecule has 1 aliphatic rings. The largest absolute Gasteiger partial charge is 0.398 e. The van der Waals surface area contributed by atoms with Crippen LogP contribution in [0.15, 0.2) is 133 Å². The highest BCUT2D eigenvalue weighted by atomic mass is 16.1. The van der Waals surface area contributed by atoms with Crippen molar-refractivity contribution in [3.8, 4) is 0 Å². The van der Waals surface area contributed by atoms with Crippen LogP contribution in [0.3, 0.4) is 0 Å². The van der Waals surface area contributed by atoms with Crippen molar-refractivity contribution in [1.29, 1.82) is 0 Å². The van der Waals surface area contributed by atoms with Gasteiger partial charge >= 0.3 is 0 Å². The second-order valence-corrected chi connectivity index (χ2v) is 12.0. The average Bonchev–Trinajstić information content (AvgIpc) is 3.09. The molecule has 0 spiro atoms. The number of hydrogen-bond donors (Lipinski definition) is 2. The number of fused-ring (bicyclic) bond motifs is 2. The molecule has 224 valence electrons. The van der Waals surface area contributed by atoms with E-state index in [1.807, 2.05) is 12.1 Å². The van der Waals surface area contributed by atoms with Crippen LogP contribution in [0, 0.1) is 0 Å². The normalized spacial score (nSPS) is 12.1. The molecule has 0 amide bonds. The molecule has 0 bridgehead atoms. The molecule has 0 saturated heterocycles. The minimum absolute atomic E-state index is 0.221. The fourth-order valence-corrected chi connectivity index (χ4v) is 6.54. The first-order chi connectivity index (χ1) is 22.5. The van der Waals surface area contributed by atoms with E-state index in [0.29, 0.717) is 35.3 Å². The van der Waals surface area contributed by atoms with Crippen LogP contribution in [0.1, 0.15) is 76.4 Å². The summed E-state index contributed by atoms with van der Waals surface area (Å²) in [6.07, 6.45) is 2.66. The van der Waals surface area contributed by atoms with E-state index >= 15 is 0 Å². The molecule has 0 aliphatic heterocycles. The van der Waals surface area contributed by atoms with Crippen LogP contribution in [0.4, 0.5) is 11.4 Å². The maximum atomic E-state index is 13.8. The highest BCUT2D eigenvalue weighted by Gasteiger charge is 2.35. The third-order valence-corrected chi connectivity index (χ3v) is 8.98. The molecule has 6 aromatic rings. The van der Waals surface area contributed by atoms with Crippen molar-refractivity contribution in [1.82, 2.24) is 0 Å². The van der Waals surface area contributed by atoms with E-state index in [-0.39, 0.29) is 22.7 Å². The molecule has 4 heteroatoms. The van der Waals surface area contributed by atoms with Gasteiger partial charge in [0.15, 0.2) is 11.6 Å². The maximum absolute atomic E-state index is 13.8. The summed E-state index contributed by atoms with van der Waals surface area (Å²) < 4.78 is 0. The van der Waals surface area contributed by atoms with E-state index in [2.05, 4.69) is 97.1 Å². The van der Waals surface area contributed by atoms with Crippen LogP contribution in [0.2, 0.25) is 0 Å². The molecule has 0 atom stereocenters. The second-order valence-electron chi connectivity index (χ2n) is 12.0. The average molecular weight is 599 g/mol. The number of rotatable bonds is 8. The lowest BCUT2D eigenvalue weighted by Crippen LogP contribution is -2.26. The van der Waals surface area contributed by atoms with Gasteiger partial charge in [0.05, 0.1) is 11.1 Å². The summed E-state index contributed by atoms with van der Waals surface area (Å²) in [5.41, 5.74) is 24.3. The van der Waals surface area contributed by atoms with Crippen LogP contribution in [-0.2, 0) is 25.7 Å². The summed E-state index contributed by atoms with van der Waals surface area (Å²) in [6, 6.07) is 44.6. The van der Waals surface area contributed by atoms with E-state index in [1.165, 1.54) is 22.3 Å². The predicted molar refractivity (Wildman–Crippen MR) is 186 cm³/mol. The van der Waals surface area contributed by atoms with Gasteiger partial charge in [-0.2, -0.15) is 0 Å². The van der Waals surface area contributed by atoms with Gasteiger partial charge in [0, 0.05) is 22.5 Å². The zero-order valence-electron chi connectivity index (χ0n) is 25.5. The Morgan fingerprint density at radius 1 is 0.348 bits per heavy atom. The monoisotopic (exact) mass is 598 g/mol. The molecule has 0 fully saturated rings. The van der Waals surface area contributed by atoms with Gasteiger partial charge in [-0.15, -0.1) is 0 Å². The highest BCUT2D eigenvalue weighted by molar-refractivity contribution is 6.32. The van der Waals surface area contributed by atoms with E-state index in [0.717, 1.165) is 35.1 Å². The SMILES string of the molecule is Nc1c(Cc2ccc(Cc3ccccc3)cc2)c(Cc2ccc(Cc3ccccc3)cc2)c(N)c2c1C(=O)c1ccccc1C2=O. The lowest BCUT2D eigenvalue weighted by Gasteiger charge is -2.26. The Morgan fingerprint density at radius 3 is 0.978 bits per heavy atom. The van der Waals surface area contributed by atoms with Gasteiger partial charge in [-0.05, 0) is 70.2 Å². The first-order valence-electron chi connectivity index (χ1n) is 15.6. The molecule has 0 radical (unpaired) electrons. The smallest absolute Gasteiger partial charge is 0.196 e. The van der Waals surface area contributed by atoms with E-state index in [4.69, 9.17) is 11.5 Å². The van der Waals surface area contributed by atoms with Crippen LogP contribution >= 0.6 is 0 Å². The Hall–Kier alpha value is -5.74. The first kappa shape index (κ1) is 29.0. The van der Waals surface area contributed by atoms with Crippen molar-refractivity contribution < 1.29 is 9.59 Å². The van der Waals surface area contributed by atoms with Crippen LogP contribution in [0.5, 0.6) is 0 Å². The second kappa shape index (κ2) is 12.3. The topological polar surface area (TPSA) is 86.2 Å². The number of nitrogens with two attached hydrogens (primary N) is 2. The zero-order valence-corrected chi connectivity index (χ0v) is 25.5. The number of anilines is 2. The van der Waals surface area contributed by atoms with Gasteiger partial charge in [0.2, 0.25) is 0 Å². The van der Waals surface area contributed by atoms with Crippen molar-refractivity contribution in [3.63, 3.8) is 0 Å². The molecular formula is C42H34N2O2. The molecule has 6 aromatic carbocycles. The lowest BCUT2D eigenvalue weighted by molar-refractivity contribution is 0.0980. The van der Waals surface area contributed by atoms with Gasteiger partial charge < -0.3 is 11.5 Å². The van der Waals surface area contributed by atoms with E-state index in [1.54, 1.807) is 24.3 Å². The Kier molecular flexibility index (Phi) is 7.78. The standard InChI is InChI=1S/C42H34N2O2/c43-39-35(25-31-19-15-29(16-20-31)23-27-9-3-1-4-10-27)36(26-32-21-17-30(18-22-32)24-28-11-5-2-6-12-28)40(44)38-37(39)41(45)33-13-7-8-14-34(33)42(38)46/h1-22H,23-26,43-44H2. The Morgan fingerprint density at radius 2 is 0.630 bits per heavy atom. The van der Waals surface area contributed by atoms with Gasteiger partial charge in [-0.25, -0.2) is 0 Å². The number of carbonyl (C=O) groups is 2. The van der Waals surface area contributed by atoms with E-state index < -0.39 is 0 Å². The molecular weight excluding hydrogens is 564 g/mol. The van der Waals surface area contributed by atoms with Crippen LogP contribution in [-0.4, -0.2) is 11.6 Å². The molecule has 4 nitrogen and oxygen atoms in total. The van der Waals surface area contributed by atoms with Gasteiger partial charge in [-0.1, -0.05) is 133 Å².